The molecule has 1 aliphatic rings. The van der Waals surface area contributed by atoms with E-state index in [0.717, 1.165) is 5.56 Å². The van der Waals surface area contributed by atoms with Crippen LogP contribution in [-0.2, 0) is 21.1 Å². The van der Waals surface area contributed by atoms with Crippen LogP contribution >= 0.6 is 12.2 Å². The van der Waals surface area contributed by atoms with Crippen molar-refractivity contribution in [1.82, 2.24) is 10.2 Å². The molecule has 22 heavy (non-hydrogen) atoms. The summed E-state index contributed by atoms with van der Waals surface area (Å²) < 4.78 is 28.5. The predicted octanol–water partition coefficient (Wildman–Crippen LogP) is 1.20. The molecule has 1 saturated heterocycles. The van der Waals surface area contributed by atoms with E-state index < -0.39 is 9.84 Å². The molecule has 2 rings (SSSR count). The van der Waals surface area contributed by atoms with E-state index in [1.807, 2.05) is 35.2 Å². The number of rotatable bonds is 6. The van der Waals surface area contributed by atoms with Gasteiger partial charge in [0.25, 0.3) is 0 Å². The number of sulfone groups is 1. The second-order valence-corrected chi connectivity index (χ2v) is 8.00. The van der Waals surface area contributed by atoms with Crippen LogP contribution in [0.3, 0.4) is 0 Å². The van der Waals surface area contributed by atoms with Gasteiger partial charge in [-0.25, -0.2) is 8.42 Å². The molecule has 0 spiro atoms. The molecule has 1 aromatic rings. The molecule has 0 radical (unpaired) electrons. The van der Waals surface area contributed by atoms with Gasteiger partial charge in [0.05, 0.1) is 18.1 Å². The van der Waals surface area contributed by atoms with Gasteiger partial charge in [-0.05, 0) is 24.2 Å². The average Bonchev–Trinajstić information content (AvgIpc) is 2.86. The zero-order valence-electron chi connectivity index (χ0n) is 12.7. The quantitative estimate of drug-likeness (QED) is 0.784. The van der Waals surface area contributed by atoms with Gasteiger partial charge in [0.15, 0.2) is 14.9 Å². The lowest BCUT2D eigenvalue weighted by Crippen LogP contribution is -2.47. The maximum Gasteiger partial charge on any atom is 0.169 e. The van der Waals surface area contributed by atoms with Crippen LogP contribution in [-0.4, -0.2) is 56.2 Å². The number of hydrogen-bond donors (Lipinski definition) is 1. The highest BCUT2D eigenvalue weighted by molar-refractivity contribution is 7.91. The van der Waals surface area contributed by atoms with Gasteiger partial charge in [-0.2, -0.15) is 0 Å². The summed E-state index contributed by atoms with van der Waals surface area (Å²) in [5.74, 6) is 0.409. The van der Waals surface area contributed by atoms with E-state index in [-0.39, 0.29) is 17.5 Å². The summed E-state index contributed by atoms with van der Waals surface area (Å²) in [4.78, 5) is 1.95. The molecule has 0 aromatic heterocycles. The van der Waals surface area contributed by atoms with Crippen LogP contribution in [0.1, 0.15) is 12.0 Å². The molecular formula is C15H22N2O3S2. The summed E-state index contributed by atoms with van der Waals surface area (Å²) in [5, 5.41) is 3.81. The average molecular weight is 342 g/mol. The molecule has 0 unspecified atom stereocenters. The van der Waals surface area contributed by atoms with Crippen molar-refractivity contribution in [1.29, 1.82) is 0 Å². The van der Waals surface area contributed by atoms with Gasteiger partial charge in [0.2, 0.25) is 0 Å². The lowest BCUT2D eigenvalue weighted by molar-refractivity contribution is 0.164. The molecule has 122 valence electrons. The number of nitrogens with one attached hydrogen (secondary N) is 1. The maximum atomic E-state index is 11.7. The molecule has 0 bridgehead atoms. The third-order valence-corrected chi connectivity index (χ3v) is 5.86. The first-order chi connectivity index (χ1) is 10.5. The molecule has 1 heterocycles. The SMILES string of the molecule is COCCN(C(=S)NCc1ccccc1)[C@@H]1CCS(=O)(=O)C1. The van der Waals surface area contributed by atoms with Crippen molar-refractivity contribution in [2.75, 3.05) is 31.8 Å². The zero-order valence-corrected chi connectivity index (χ0v) is 14.3. The van der Waals surface area contributed by atoms with E-state index in [0.29, 0.717) is 31.2 Å². The minimum Gasteiger partial charge on any atom is -0.383 e. The summed E-state index contributed by atoms with van der Waals surface area (Å²) >= 11 is 5.46. The van der Waals surface area contributed by atoms with Crippen molar-refractivity contribution in [2.45, 2.75) is 19.0 Å². The van der Waals surface area contributed by atoms with Gasteiger partial charge in [-0.1, -0.05) is 30.3 Å². The zero-order chi connectivity index (χ0) is 16.0. The monoisotopic (exact) mass is 342 g/mol. The van der Waals surface area contributed by atoms with Crippen molar-refractivity contribution in [3.05, 3.63) is 35.9 Å². The number of nitrogens with zero attached hydrogens (tertiary/aromatic N) is 1. The smallest absolute Gasteiger partial charge is 0.169 e. The number of methoxy groups -OCH3 is 1. The normalized spacial score (nSPS) is 19.8. The van der Waals surface area contributed by atoms with E-state index in [1.54, 1.807) is 7.11 Å². The van der Waals surface area contributed by atoms with Crippen LogP contribution in [0.2, 0.25) is 0 Å². The second kappa shape index (κ2) is 7.89. The Morgan fingerprint density at radius 2 is 2.14 bits per heavy atom. The number of hydrogen-bond acceptors (Lipinski definition) is 4. The molecule has 1 N–H and O–H groups in total. The Morgan fingerprint density at radius 1 is 1.41 bits per heavy atom. The van der Waals surface area contributed by atoms with Crippen LogP contribution in [0.5, 0.6) is 0 Å². The summed E-state index contributed by atoms with van der Waals surface area (Å²) in [6.07, 6.45) is 0.624. The first-order valence-corrected chi connectivity index (χ1v) is 9.52. The fraction of sp³-hybridized carbons (Fsp3) is 0.533. The molecule has 0 aliphatic carbocycles. The van der Waals surface area contributed by atoms with Crippen LogP contribution < -0.4 is 5.32 Å². The van der Waals surface area contributed by atoms with E-state index in [4.69, 9.17) is 17.0 Å². The van der Waals surface area contributed by atoms with Crippen LogP contribution in [0, 0.1) is 0 Å². The Bertz CT molecular complexity index is 590. The Balaban J connectivity index is 1.97. The fourth-order valence-corrected chi connectivity index (χ4v) is 4.58. The summed E-state index contributed by atoms with van der Waals surface area (Å²) in [6, 6.07) is 9.91. The Labute approximate surface area is 137 Å². The van der Waals surface area contributed by atoms with Crippen LogP contribution in [0.15, 0.2) is 30.3 Å². The first-order valence-electron chi connectivity index (χ1n) is 7.29. The Morgan fingerprint density at radius 3 is 2.73 bits per heavy atom. The topological polar surface area (TPSA) is 58.6 Å². The van der Waals surface area contributed by atoms with Crippen molar-refractivity contribution in [2.24, 2.45) is 0 Å². The molecule has 7 heteroatoms. The predicted molar refractivity (Wildman–Crippen MR) is 91.5 cm³/mol. The first kappa shape index (κ1) is 17.2. The van der Waals surface area contributed by atoms with E-state index in [1.165, 1.54) is 0 Å². The van der Waals surface area contributed by atoms with Gasteiger partial charge >= 0.3 is 0 Å². The standard InChI is InChI=1S/C15H22N2O3S2/c1-20-9-8-17(14-7-10-22(18,19)12-14)15(21)16-11-13-5-3-2-4-6-13/h2-6,14H,7-12H2,1H3,(H,16,21)/t14-/m1/s1. The van der Waals surface area contributed by atoms with Crippen molar-refractivity contribution in [3.63, 3.8) is 0 Å². The highest BCUT2D eigenvalue weighted by Crippen LogP contribution is 2.18. The molecule has 5 nitrogen and oxygen atoms in total. The molecular weight excluding hydrogens is 320 g/mol. The van der Waals surface area contributed by atoms with Crippen LogP contribution in [0.25, 0.3) is 0 Å². The summed E-state index contributed by atoms with van der Waals surface area (Å²) in [6.45, 7) is 1.74. The number of benzene rings is 1. The molecule has 1 aromatic carbocycles. The molecule has 0 saturated carbocycles. The minimum atomic E-state index is -2.94. The van der Waals surface area contributed by atoms with Gasteiger partial charge < -0.3 is 15.0 Å². The Hall–Kier alpha value is -1.18. The molecule has 1 aliphatic heterocycles. The van der Waals surface area contributed by atoms with E-state index in [9.17, 15) is 8.42 Å². The fourth-order valence-electron chi connectivity index (χ4n) is 2.54. The van der Waals surface area contributed by atoms with Gasteiger partial charge in [0, 0.05) is 26.2 Å². The van der Waals surface area contributed by atoms with Gasteiger partial charge in [-0.15, -0.1) is 0 Å². The third-order valence-electron chi connectivity index (χ3n) is 3.73. The molecule has 1 atom stereocenters. The molecule has 0 amide bonds. The highest BCUT2D eigenvalue weighted by atomic mass is 32.2. The molecule has 1 fully saturated rings. The maximum absolute atomic E-state index is 11.7. The van der Waals surface area contributed by atoms with E-state index >= 15 is 0 Å². The lowest BCUT2D eigenvalue weighted by Gasteiger charge is -2.30. The summed E-state index contributed by atoms with van der Waals surface area (Å²) in [7, 11) is -1.31. The lowest BCUT2D eigenvalue weighted by atomic mass is 10.2. The largest absolute Gasteiger partial charge is 0.383 e. The van der Waals surface area contributed by atoms with E-state index in [2.05, 4.69) is 5.32 Å². The second-order valence-electron chi connectivity index (χ2n) is 5.39. The van der Waals surface area contributed by atoms with Crippen molar-refractivity contribution >= 4 is 27.2 Å². The number of ether oxygens (including phenoxy) is 1. The minimum absolute atomic E-state index is 0.0593. The highest BCUT2D eigenvalue weighted by Gasteiger charge is 2.33. The van der Waals surface area contributed by atoms with Crippen LogP contribution in [0.4, 0.5) is 0 Å². The van der Waals surface area contributed by atoms with Crippen molar-refractivity contribution in [3.8, 4) is 0 Å². The summed E-state index contributed by atoms with van der Waals surface area (Å²) in [5.41, 5.74) is 1.13. The van der Waals surface area contributed by atoms with Gasteiger partial charge in [0.1, 0.15) is 0 Å². The number of thiocarbonyl (C=S) groups is 1. The van der Waals surface area contributed by atoms with Crippen molar-refractivity contribution < 1.29 is 13.2 Å². The Kier molecular flexibility index (Phi) is 6.16. The third kappa shape index (κ3) is 4.93. The van der Waals surface area contributed by atoms with Gasteiger partial charge in [-0.3, -0.25) is 0 Å².